The van der Waals surface area contributed by atoms with E-state index in [4.69, 9.17) is 5.73 Å². The summed E-state index contributed by atoms with van der Waals surface area (Å²) in [5.41, 5.74) is 7.11. The lowest BCUT2D eigenvalue weighted by atomic mass is 9.81. The fourth-order valence-corrected chi connectivity index (χ4v) is 4.29. The molecule has 2 rings (SSSR count). The third-order valence-corrected chi connectivity index (χ3v) is 6.06. The van der Waals surface area contributed by atoms with Crippen LogP contribution in [0.4, 0.5) is 5.69 Å². The van der Waals surface area contributed by atoms with Crippen LogP contribution in [-0.4, -0.2) is 15.0 Å². The summed E-state index contributed by atoms with van der Waals surface area (Å²) in [5, 5.41) is 0. The van der Waals surface area contributed by atoms with Crippen molar-refractivity contribution in [1.29, 1.82) is 0 Å². The molecule has 1 aromatic carbocycles. The lowest BCUT2D eigenvalue weighted by Crippen LogP contribution is -2.31. The van der Waals surface area contributed by atoms with Gasteiger partial charge in [0, 0.05) is 6.54 Å². The molecule has 1 aliphatic carbocycles. The summed E-state index contributed by atoms with van der Waals surface area (Å²) in [5.74, 6) is 1.28. The number of rotatable bonds is 5. The molecule has 1 aromatic rings. The Morgan fingerprint density at radius 1 is 1.19 bits per heavy atom. The first-order valence-corrected chi connectivity index (χ1v) is 9.26. The summed E-state index contributed by atoms with van der Waals surface area (Å²) in [7, 11) is -3.50. The number of hydrogen-bond acceptors (Lipinski definition) is 3. The third-order valence-electron chi connectivity index (χ3n) is 4.56. The van der Waals surface area contributed by atoms with Gasteiger partial charge in [-0.1, -0.05) is 32.3 Å². The molecule has 1 aliphatic rings. The molecule has 0 bridgehead atoms. The zero-order chi connectivity index (χ0) is 15.5. The molecule has 21 heavy (non-hydrogen) atoms. The molecule has 0 saturated heterocycles. The molecule has 0 radical (unpaired) electrons. The summed E-state index contributed by atoms with van der Waals surface area (Å²) in [6.07, 6.45) is 5.90. The van der Waals surface area contributed by atoms with Crippen LogP contribution in [0, 0.1) is 18.8 Å². The second kappa shape index (κ2) is 6.79. The topological polar surface area (TPSA) is 72.2 Å². The average Bonchev–Trinajstić information content (AvgIpc) is 2.45. The Bertz CT molecular complexity index is 576. The Morgan fingerprint density at radius 2 is 1.81 bits per heavy atom. The van der Waals surface area contributed by atoms with E-state index in [-0.39, 0.29) is 4.90 Å². The number of sulfonamides is 1. The van der Waals surface area contributed by atoms with Crippen LogP contribution in [0.1, 0.15) is 44.6 Å². The first kappa shape index (κ1) is 16.3. The summed E-state index contributed by atoms with van der Waals surface area (Å²) in [6.45, 7) is 4.65. The lowest BCUT2D eigenvalue weighted by Gasteiger charge is -2.27. The van der Waals surface area contributed by atoms with E-state index in [0.717, 1.165) is 24.3 Å². The molecule has 3 N–H and O–H groups in total. The van der Waals surface area contributed by atoms with Crippen molar-refractivity contribution in [3.63, 3.8) is 0 Å². The monoisotopic (exact) mass is 310 g/mol. The van der Waals surface area contributed by atoms with E-state index in [2.05, 4.69) is 11.6 Å². The van der Waals surface area contributed by atoms with Gasteiger partial charge in [-0.25, -0.2) is 13.1 Å². The van der Waals surface area contributed by atoms with Crippen LogP contribution < -0.4 is 10.5 Å². The molecule has 0 unspecified atom stereocenters. The molecule has 5 heteroatoms. The zero-order valence-corrected chi connectivity index (χ0v) is 13.7. The molecular formula is C16H26N2O2S. The molecule has 1 saturated carbocycles. The molecule has 0 aromatic heterocycles. The van der Waals surface area contributed by atoms with Crippen molar-refractivity contribution in [1.82, 2.24) is 4.72 Å². The van der Waals surface area contributed by atoms with Crippen molar-refractivity contribution < 1.29 is 8.42 Å². The molecule has 0 amide bonds. The van der Waals surface area contributed by atoms with Gasteiger partial charge in [0.15, 0.2) is 0 Å². The summed E-state index contributed by atoms with van der Waals surface area (Å²) < 4.78 is 27.4. The van der Waals surface area contributed by atoms with Crippen LogP contribution in [0.25, 0.3) is 0 Å². The molecule has 4 nitrogen and oxygen atoms in total. The normalized spacial score (nSPS) is 23.1. The van der Waals surface area contributed by atoms with E-state index in [1.54, 1.807) is 18.2 Å². The Labute approximate surface area is 128 Å². The van der Waals surface area contributed by atoms with Gasteiger partial charge in [0.25, 0.3) is 0 Å². The van der Waals surface area contributed by atoms with E-state index in [9.17, 15) is 8.42 Å². The SMILES string of the molecule is CCC1CCC(CNS(=O)(=O)c2ccc(C)cc2N)CC1. The van der Waals surface area contributed by atoms with Gasteiger partial charge in [0.2, 0.25) is 10.0 Å². The fourth-order valence-electron chi connectivity index (χ4n) is 3.06. The molecule has 1 fully saturated rings. The van der Waals surface area contributed by atoms with Crippen molar-refractivity contribution >= 4 is 15.7 Å². The van der Waals surface area contributed by atoms with Gasteiger partial charge in [0.05, 0.1) is 5.69 Å². The predicted molar refractivity (Wildman–Crippen MR) is 86.5 cm³/mol. The van der Waals surface area contributed by atoms with Gasteiger partial charge in [-0.3, -0.25) is 0 Å². The number of nitrogen functional groups attached to an aromatic ring is 1. The fraction of sp³-hybridized carbons (Fsp3) is 0.625. The van der Waals surface area contributed by atoms with Crippen LogP contribution in [0.3, 0.4) is 0 Å². The van der Waals surface area contributed by atoms with Gasteiger partial charge in [0.1, 0.15) is 4.90 Å². The largest absolute Gasteiger partial charge is 0.398 e. The number of nitrogens with two attached hydrogens (primary N) is 1. The highest BCUT2D eigenvalue weighted by molar-refractivity contribution is 7.89. The number of hydrogen-bond donors (Lipinski definition) is 2. The maximum atomic E-state index is 12.3. The van der Waals surface area contributed by atoms with E-state index < -0.39 is 10.0 Å². The van der Waals surface area contributed by atoms with Gasteiger partial charge in [-0.05, 0) is 49.3 Å². The smallest absolute Gasteiger partial charge is 0.242 e. The molecular weight excluding hydrogens is 284 g/mol. The predicted octanol–water partition coefficient (Wildman–Crippen LogP) is 3.07. The average molecular weight is 310 g/mol. The molecule has 0 atom stereocenters. The highest BCUT2D eigenvalue weighted by atomic mass is 32.2. The maximum Gasteiger partial charge on any atom is 0.242 e. The number of nitrogens with one attached hydrogen (secondary N) is 1. The zero-order valence-electron chi connectivity index (χ0n) is 12.9. The minimum atomic E-state index is -3.50. The van der Waals surface area contributed by atoms with Crippen molar-refractivity contribution in [2.24, 2.45) is 11.8 Å². The quantitative estimate of drug-likeness (QED) is 0.821. The number of aryl methyl sites for hydroxylation is 1. The first-order chi connectivity index (χ1) is 9.92. The Balaban J connectivity index is 1.96. The first-order valence-electron chi connectivity index (χ1n) is 7.78. The van der Waals surface area contributed by atoms with Crippen LogP contribution in [-0.2, 0) is 10.0 Å². The molecule has 0 heterocycles. The second-order valence-electron chi connectivity index (χ2n) is 6.19. The lowest BCUT2D eigenvalue weighted by molar-refractivity contribution is 0.270. The number of benzene rings is 1. The van der Waals surface area contributed by atoms with Crippen LogP contribution in [0.15, 0.2) is 23.1 Å². The molecule has 118 valence electrons. The Kier molecular flexibility index (Phi) is 5.27. The molecule has 0 aliphatic heterocycles. The Morgan fingerprint density at radius 3 is 2.38 bits per heavy atom. The van der Waals surface area contributed by atoms with E-state index in [1.807, 2.05) is 6.92 Å². The minimum absolute atomic E-state index is 0.190. The van der Waals surface area contributed by atoms with Crippen molar-refractivity contribution in [3.05, 3.63) is 23.8 Å². The van der Waals surface area contributed by atoms with Gasteiger partial charge in [-0.15, -0.1) is 0 Å². The van der Waals surface area contributed by atoms with E-state index in [1.165, 1.54) is 19.3 Å². The van der Waals surface area contributed by atoms with Crippen LogP contribution in [0.2, 0.25) is 0 Å². The minimum Gasteiger partial charge on any atom is -0.398 e. The van der Waals surface area contributed by atoms with Crippen molar-refractivity contribution in [2.45, 2.75) is 50.8 Å². The van der Waals surface area contributed by atoms with Crippen LogP contribution in [0.5, 0.6) is 0 Å². The Hall–Kier alpha value is -1.07. The van der Waals surface area contributed by atoms with Crippen molar-refractivity contribution in [2.75, 3.05) is 12.3 Å². The standard InChI is InChI=1S/C16H26N2O2S/c1-3-13-5-7-14(8-6-13)11-18-21(19,20)16-9-4-12(2)10-15(16)17/h4,9-10,13-14,18H,3,5-8,11,17H2,1-2H3. The van der Waals surface area contributed by atoms with Crippen LogP contribution >= 0.6 is 0 Å². The number of anilines is 1. The van der Waals surface area contributed by atoms with E-state index >= 15 is 0 Å². The maximum absolute atomic E-state index is 12.3. The van der Waals surface area contributed by atoms with Gasteiger partial charge >= 0.3 is 0 Å². The summed E-state index contributed by atoms with van der Waals surface area (Å²) in [4.78, 5) is 0.190. The highest BCUT2D eigenvalue weighted by Crippen LogP contribution is 2.30. The van der Waals surface area contributed by atoms with Crippen molar-refractivity contribution in [3.8, 4) is 0 Å². The second-order valence-corrected chi connectivity index (χ2v) is 7.92. The molecule has 0 spiro atoms. The third kappa shape index (κ3) is 4.20. The highest BCUT2D eigenvalue weighted by Gasteiger charge is 2.23. The van der Waals surface area contributed by atoms with E-state index in [0.29, 0.717) is 18.2 Å². The summed E-state index contributed by atoms with van der Waals surface area (Å²) >= 11 is 0. The van der Waals surface area contributed by atoms with Gasteiger partial charge < -0.3 is 5.73 Å². The summed E-state index contributed by atoms with van der Waals surface area (Å²) in [6, 6.07) is 5.05. The van der Waals surface area contributed by atoms with Gasteiger partial charge in [-0.2, -0.15) is 0 Å².